The summed E-state index contributed by atoms with van der Waals surface area (Å²) in [5, 5.41) is 24.2. The molecule has 4 heteroatoms. The zero-order chi connectivity index (χ0) is 15.1. The van der Waals surface area contributed by atoms with E-state index >= 15 is 0 Å². The SMILES string of the molecule is CCC(O)CN(Cc1ccccc1)CC(O)c1ccsc1. The van der Waals surface area contributed by atoms with Gasteiger partial charge in [0, 0.05) is 19.6 Å². The quantitative estimate of drug-likeness (QED) is 0.788. The van der Waals surface area contributed by atoms with Gasteiger partial charge in [0.15, 0.2) is 0 Å². The molecule has 2 unspecified atom stereocenters. The number of rotatable bonds is 8. The Morgan fingerprint density at radius 1 is 1.10 bits per heavy atom. The summed E-state index contributed by atoms with van der Waals surface area (Å²) >= 11 is 1.59. The fourth-order valence-electron chi connectivity index (χ4n) is 2.29. The van der Waals surface area contributed by atoms with Crippen molar-refractivity contribution in [2.24, 2.45) is 0 Å². The minimum absolute atomic E-state index is 0.358. The average molecular weight is 305 g/mol. The fourth-order valence-corrected chi connectivity index (χ4v) is 2.99. The lowest BCUT2D eigenvalue weighted by Gasteiger charge is -2.27. The molecule has 114 valence electrons. The third-order valence-corrected chi connectivity index (χ3v) is 4.25. The lowest BCUT2D eigenvalue weighted by atomic mass is 10.1. The van der Waals surface area contributed by atoms with E-state index < -0.39 is 6.10 Å². The number of hydrogen-bond donors (Lipinski definition) is 2. The number of nitrogens with zero attached hydrogens (tertiary/aromatic N) is 1. The smallest absolute Gasteiger partial charge is 0.0925 e. The topological polar surface area (TPSA) is 43.7 Å². The largest absolute Gasteiger partial charge is 0.392 e. The zero-order valence-corrected chi connectivity index (χ0v) is 13.2. The van der Waals surface area contributed by atoms with Crippen LogP contribution in [0.25, 0.3) is 0 Å². The maximum Gasteiger partial charge on any atom is 0.0925 e. The molecule has 3 nitrogen and oxygen atoms in total. The predicted octanol–water partition coefficient (Wildman–Crippen LogP) is 3.05. The van der Waals surface area contributed by atoms with Gasteiger partial charge < -0.3 is 10.2 Å². The van der Waals surface area contributed by atoms with Crippen LogP contribution in [0, 0.1) is 0 Å². The summed E-state index contributed by atoms with van der Waals surface area (Å²) in [7, 11) is 0. The molecule has 1 aromatic carbocycles. The standard InChI is InChI=1S/C17H23NO2S/c1-2-16(19)11-18(10-14-6-4-3-5-7-14)12-17(20)15-8-9-21-13-15/h3-9,13,16-17,19-20H,2,10-12H2,1H3. The number of aliphatic hydroxyl groups is 2. The van der Waals surface area contributed by atoms with E-state index in [1.165, 1.54) is 5.56 Å². The molecule has 0 saturated heterocycles. The summed E-state index contributed by atoms with van der Waals surface area (Å²) < 4.78 is 0. The first-order valence-corrected chi connectivity index (χ1v) is 8.27. The third-order valence-electron chi connectivity index (χ3n) is 3.55. The van der Waals surface area contributed by atoms with Gasteiger partial charge >= 0.3 is 0 Å². The Kier molecular flexibility index (Phi) is 6.39. The molecule has 0 aliphatic heterocycles. The van der Waals surface area contributed by atoms with Gasteiger partial charge in [0.1, 0.15) is 0 Å². The molecule has 0 fully saturated rings. The van der Waals surface area contributed by atoms with E-state index in [2.05, 4.69) is 17.0 Å². The Bertz CT molecular complexity index is 501. The van der Waals surface area contributed by atoms with Crippen LogP contribution in [0.15, 0.2) is 47.2 Å². The number of thiophene rings is 1. The van der Waals surface area contributed by atoms with Crippen LogP contribution in [-0.4, -0.2) is 34.3 Å². The number of hydrogen-bond acceptors (Lipinski definition) is 4. The van der Waals surface area contributed by atoms with Crippen LogP contribution in [0.4, 0.5) is 0 Å². The van der Waals surface area contributed by atoms with Gasteiger partial charge in [-0.25, -0.2) is 0 Å². The van der Waals surface area contributed by atoms with Gasteiger partial charge in [-0.05, 0) is 34.4 Å². The molecule has 0 spiro atoms. The summed E-state index contributed by atoms with van der Waals surface area (Å²) in [6.07, 6.45) is -0.146. The van der Waals surface area contributed by atoms with E-state index in [9.17, 15) is 10.2 Å². The van der Waals surface area contributed by atoms with Crippen LogP contribution < -0.4 is 0 Å². The maximum atomic E-state index is 10.3. The minimum Gasteiger partial charge on any atom is -0.392 e. The van der Waals surface area contributed by atoms with Gasteiger partial charge in [0.25, 0.3) is 0 Å². The van der Waals surface area contributed by atoms with Crippen molar-refractivity contribution in [3.8, 4) is 0 Å². The van der Waals surface area contributed by atoms with Crippen LogP contribution in [0.5, 0.6) is 0 Å². The Labute approximate surface area is 130 Å². The molecule has 1 heterocycles. The molecule has 0 saturated carbocycles. The Balaban J connectivity index is 2.01. The van der Waals surface area contributed by atoms with E-state index in [-0.39, 0.29) is 6.10 Å². The van der Waals surface area contributed by atoms with Crippen LogP contribution in [-0.2, 0) is 6.54 Å². The average Bonchev–Trinajstić information content (AvgIpc) is 3.02. The predicted molar refractivity (Wildman–Crippen MR) is 87.3 cm³/mol. The van der Waals surface area contributed by atoms with E-state index in [1.54, 1.807) is 11.3 Å². The zero-order valence-electron chi connectivity index (χ0n) is 12.4. The first kappa shape index (κ1) is 16.2. The molecule has 0 aliphatic rings. The summed E-state index contributed by atoms with van der Waals surface area (Å²) in [5.41, 5.74) is 2.14. The highest BCUT2D eigenvalue weighted by Gasteiger charge is 2.16. The first-order valence-electron chi connectivity index (χ1n) is 7.33. The van der Waals surface area contributed by atoms with Crippen molar-refractivity contribution in [2.45, 2.75) is 32.1 Å². The highest BCUT2D eigenvalue weighted by molar-refractivity contribution is 7.07. The Morgan fingerprint density at radius 3 is 2.48 bits per heavy atom. The van der Waals surface area contributed by atoms with Crippen molar-refractivity contribution >= 4 is 11.3 Å². The Morgan fingerprint density at radius 2 is 1.86 bits per heavy atom. The minimum atomic E-state index is -0.510. The van der Waals surface area contributed by atoms with Crippen LogP contribution >= 0.6 is 11.3 Å². The number of benzene rings is 1. The molecular weight excluding hydrogens is 282 g/mol. The maximum absolute atomic E-state index is 10.3. The van der Waals surface area contributed by atoms with Crippen LogP contribution in [0.2, 0.25) is 0 Å². The summed E-state index contributed by atoms with van der Waals surface area (Å²) in [6.45, 7) is 3.81. The van der Waals surface area contributed by atoms with Crippen LogP contribution in [0.1, 0.15) is 30.6 Å². The molecule has 2 N–H and O–H groups in total. The van der Waals surface area contributed by atoms with E-state index in [1.807, 2.05) is 41.9 Å². The molecule has 2 atom stereocenters. The van der Waals surface area contributed by atoms with Crippen molar-refractivity contribution in [3.05, 3.63) is 58.3 Å². The van der Waals surface area contributed by atoms with E-state index in [4.69, 9.17) is 0 Å². The van der Waals surface area contributed by atoms with E-state index in [0.717, 1.165) is 18.5 Å². The molecule has 21 heavy (non-hydrogen) atoms. The molecule has 0 amide bonds. The molecule has 0 aliphatic carbocycles. The normalized spacial score (nSPS) is 14.3. The van der Waals surface area contributed by atoms with Crippen LogP contribution in [0.3, 0.4) is 0 Å². The van der Waals surface area contributed by atoms with Gasteiger partial charge in [-0.2, -0.15) is 11.3 Å². The Hall–Kier alpha value is -1.20. The van der Waals surface area contributed by atoms with Crippen molar-refractivity contribution in [2.75, 3.05) is 13.1 Å². The molecule has 0 bridgehead atoms. The molecule has 2 rings (SSSR count). The second kappa shape index (κ2) is 8.29. The van der Waals surface area contributed by atoms with Crippen molar-refractivity contribution in [1.82, 2.24) is 4.90 Å². The highest BCUT2D eigenvalue weighted by atomic mass is 32.1. The van der Waals surface area contributed by atoms with Crippen molar-refractivity contribution in [3.63, 3.8) is 0 Å². The van der Waals surface area contributed by atoms with Gasteiger partial charge in [-0.1, -0.05) is 37.3 Å². The fraction of sp³-hybridized carbons (Fsp3) is 0.412. The lowest BCUT2D eigenvalue weighted by Crippen LogP contribution is -2.35. The summed E-state index contributed by atoms with van der Waals surface area (Å²) in [4.78, 5) is 2.12. The summed E-state index contributed by atoms with van der Waals surface area (Å²) in [6, 6.07) is 12.1. The molecule has 2 aromatic rings. The third kappa shape index (κ3) is 5.25. The second-order valence-corrected chi connectivity index (χ2v) is 6.09. The lowest BCUT2D eigenvalue weighted by molar-refractivity contribution is 0.0637. The van der Waals surface area contributed by atoms with Gasteiger partial charge in [0.05, 0.1) is 12.2 Å². The van der Waals surface area contributed by atoms with Gasteiger partial charge in [-0.3, -0.25) is 4.90 Å². The molecule has 1 aromatic heterocycles. The summed E-state index contributed by atoms with van der Waals surface area (Å²) in [5.74, 6) is 0. The second-order valence-electron chi connectivity index (χ2n) is 5.31. The molecular formula is C17H23NO2S. The monoisotopic (exact) mass is 305 g/mol. The highest BCUT2D eigenvalue weighted by Crippen LogP contribution is 2.19. The molecule has 0 radical (unpaired) electrons. The van der Waals surface area contributed by atoms with Crippen molar-refractivity contribution in [1.29, 1.82) is 0 Å². The van der Waals surface area contributed by atoms with Crippen molar-refractivity contribution < 1.29 is 10.2 Å². The van der Waals surface area contributed by atoms with Gasteiger partial charge in [0.2, 0.25) is 0 Å². The van der Waals surface area contributed by atoms with Gasteiger partial charge in [-0.15, -0.1) is 0 Å². The van der Waals surface area contributed by atoms with E-state index in [0.29, 0.717) is 13.1 Å². The first-order chi connectivity index (χ1) is 10.2. The number of aliphatic hydroxyl groups excluding tert-OH is 2.